The van der Waals surface area contributed by atoms with Crippen molar-refractivity contribution in [3.8, 4) is 0 Å². The molecule has 1 aliphatic rings. The SMILES string of the molecule is O=C1S/C(=C/c2coc3ccccc3c2=O)C(=O)N1c1cccc(Cl)c1. The summed E-state index contributed by atoms with van der Waals surface area (Å²) in [6.07, 6.45) is 2.67. The molecule has 0 unspecified atom stereocenters. The Morgan fingerprint density at radius 2 is 1.85 bits per heavy atom. The number of hydrogen-bond donors (Lipinski definition) is 0. The van der Waals surface area contributed by atoms with Gasteiger partial charge in [-0.05, 0) is 48.2 Å². The molecule has 2 aromatic carbocycles. The number of fused-ring (bicyclic) bond motifs is 1. The monoisotopic (exact) mass is 383 g/mol. The van der Waals surface area contributed by atoms with Crippen LogP contribution < -0.4 is 10.3 Å². The van der Waals surface area contributed by atoms with Crippen LogP contribution in [0, 0.1) is 0 Å². The smallest absolute Gasteiger partial charge is 0.298 e. The number of hydrogen-bond acceptors (Lipinski definition) is 5. The van der Waals surface area contributed by atoms with Crippen LogP contribution in [0.4, 0.5) is 10.5 Å². The summed E-state index contributed by atoms with van der Waals surface area (Å²) in [6.45, 7) is 0. The van der Waals surface area contributed by atoms with Gasteiger partial charge in [0.2, 0.25) is 0 Å². The van der Waals surface area contributed by atoms with E-state index in [-0.39, 0.29) is 15.9 Å². The molecule has 0 N–H and O–H groups in total. The molecule has 1 saturated heterocycles. The predicted molar refractivity (Wildman–Crippen MR) is 102 cm³/mol. The molecule has 0 spiro atoms. The van der Waals surface area contributed by atoms with Crippen molar-refractivity contribution in [2.75, 3.05) is 4.90 Å². The zero-order valence-electron chi connectivity index (χ0n) is 13.1. The summed E-state index contributed by atoms with van der Waals surface area (Å²) >= 11 is 6.70. The lowest BCUT2D eigenvalue weighted by Gasteiger charge is -2.12. The number of imide groups is 1. The first-order chi connectivity index (χ1) is 12.5. The summed E-state index contributed by atoms with van der Waals surface area (Å²) in [7, 11) is 0. The van der Waals surface area contributed by atoms with Gasteiger partial charge in [0.15, 0.2) is 5.43 Å². The Bertz CT molecular complexity index is 1150. The van der Waals surface area contributed by atoms with Crippen LogP contribution >= 0.6 is 23.4 Å². The third kappa shape index (κ3) is 2.83. The van der Waals surface area contributed by atoms with E-state index in [0.29, 0.717) is 21.7 Å². The van der Waals surface area contributed by atoms with Gasteiger partial charge in [-0.3, -0.25) is 14.4 Å². The van der Waals surface area contributed by atoms with Gasteiger partial charge in [0, 0.05) is 5.02 Å². The summed E-state index contributed by atoms with van der Waals surface area (Å²) in [5, 5.41) is 0.379. The van der Waals surface area contributed by atoms with E-state index in [1.54, 1.807) is 42.5 Å². The Labute approximate surface area is 156 Å². The number of para-hydroxylation sites is 1. The molecule has 2 heterocycles. The molecule has 0 bridgehead atoms. The number of thioether (sulfide) groups is 1. The minimum absolute atomic E-state index is 0.151. The molecular weight excluding hydrogens is 374 g/mol. The highest BCUT2D eigenvalue weighted by atomic mass is 35.5. The second-order valence-corrected chi connectivity index (χ2v) is 6.94. The third-order valence-corrected chi connectivity index (χ3v) is 4.96. The lowest BCUT2D eigenvalue weighted by molar-refractivity contribution is -0.113. The first-order valence-electron chi connectivity index (χ1n) is 7.58. The maximum Gasteiger partial charge on any atom is 0.298 e. The molecule has 0 saturated carbocycles. The van der Waals surface area contributed by atoms with Crippen molar-refractivity contribution in [2.45, 2.75) is 0 Å². The molecule has 5 nitrogen and oxygen atoms in total. The normalized spacial score (nSPS) is 16.0. The van der Waals surface area contributed by atoms with Crippen LogP contribution in [-0.2, 0) is 4.79 Å². The molecule has 1 aliphatic heterocycles. The molecule has 0 radical (unpaired) electrons. The quantitative estimate of drug-likeness (QED) is 0.600. The Hall–Kier alpha value is -2.83. The fourth-order valence-electron chi connectivity index (χ4n) is 2.64. The van der Waals surface area contributed by atoms with Gasteiger partial charge >= 0.3 is 0 Å². The van der Waals surface area contributed by atoms with E-state index in [4.69, 9.17) is 16.0 Å². The molecule has 4 rings (SSSR count). The van der Waals surface area contributed by atoms with Gasteiger partial charge in [-0.1, -0.05) is 29.8 Å². The molecule has 0 aliphatic carbocycles. The maximum absolute atomic E-state index is 12.6. The summed E-state index contributed by atoms with van der Waals surface area (Å²) in [5.41, 5.74) is 0.789. The van der Waals surface area contributed by atoms with Gasteiger partial charge in [-0.25, -0.2) is 4.90 Å². The van der Waals surface area contributed by atoms with E-state index in [1.165, 1.54) is 18.4 Å². The van der Waals surface area contributed by atoms with Crippen LogP contribution in [0.3, 0.4) is 0 Å². The maximum atomic E-state index is 12.6. The van der Waals surface area contributed by atoms with Crippen LogP contribution in [0.5, 0.6) is 0 Å². The first kappa shape index (κ1) is 16.6. The Balaban J connectivity index is 1.75. The van der Waals surface area contributed by atoms with Gasteiger partial charge in [-0.2, -0.15) is 0 Å². The van der Waals surface area contributed by atoms with Gasteiger partial charge < -0.3 is 4.42 Å². The molecule has 0 atom stereocenters. The van der Waals surface area contributed by atoms with Crippen LogP contribution in [0.25, 0.3) is 17.0 Å². The number of carbonyl (C=O) groups excluding carboxylic acids is 2. The standard InChI is InChI=1S/C19H10ClNO4S/c20-12-4-3-5-13(9-12)21-18(23)16(26-19(21)24)8-11-10-25-15-7-2-1-6-14(15)17(11)22/h1-10H/b16-8+. The Kier molecular flexibility index (Phi) is 4.14. The highest BCUT2D eigenvalue weighted by Gasteiger charge is 2.36. The van der Waals surface area contributed by atoms with E-state index < -0.39 is 11.1 Å². The van der Waals surface area contributed by atoms with Crippen molar-refractivity contribution in [2.24, 2.45) is 0 Å². The molecule has 2 amide bonds. The van der Waals surface area contributed by atoms with Crippen molar-refractivity contribution in [1.82, 2.24) is 0 Å². The van der Waals surface area contributed by atoms with Crippen LogP contribution in [0.2, 0.25) is 5.02 Å². The largest absolute Gasteiger partial charge is 0.463 e. The topological polar surface area (TPSA) is 67.6 Å². The van der Waals surface area contributed by atoms with Crippen molar-refractivity contribution in [1.29, 1.82) is 0 Å². The number of anilines is 1. The Morgan fingerprint density at radius 1 is 1.04 bits per heavy atom. The first-order valence-corrected chi connectivity index (χ1v) is 8.78. The number of benzene rings is 2. The summed E-state index contributed by atoms with van der Waals surface area (Å²) < 4.78 is 5.44. The number of carbonyl (C=O) groups is 2. The third-order valence-electron chi connectivity index (χ3n) is 3.85. The minimum Gasteiger partial charge on any atom is -0.463 e. The van der Waals surface area contributed by atoms with E-state index in [9.17, 15) is 14.4 Å². The molecule has 3 aromatic rings. The average molecular weight is 384 g/mol. The summed E-state index contributed by atoms with van der Waals surface area (Å²) in [4.78, 5) is 38.7. The fraction of sp³-hybridized carbons (Fsp3) is 0. The van der Waals surface area contributed by atoms with Crippen LogP contribution in [0.1, 0.15) is 5.56 Å². The van der Waals surface area contributed by atoms with Gasteiger partial charge in [0.25, 0.3) is 11.1 Å². The minimum atomic E-state index is -0.505. The number of halogens is 1. The zero-order chi connectivity index (χ0) is 18.3. The number of nitrogens with zero attached hydrogens (tertiary/aromatic N) is 1. The average Bonchev–Trinajstić information content (AvgIpc) is 2.91. The molecule has 7 heteroatoms. The predicted octanol–water partition coefficient (Wildman–Crippen LogP) is 4.69. The van der Waals surface area contributed by atoms with E-state index in [2.05, 4.69) is 0 Å². The highest BCUT2D eigenvalue weighted by molar-refractivity contribution is 8.19. The number of rotatable bonds is 2. The van der Waals surface area contributed by atoms with Gasteiger partial charge in [0.1, 0.15) is 11.8 Å². The van der Waals surface area contributed by atoms with E-state index in [0.717, 1.165) is 16.7 Å². The van der Waals surface area contributed by atoms with Crippen LogP contribution in [0.15, 0.2) is 68.9 Å². The van der Waals surface area contributed by atoms with Crippen molar-refractivity contribution in [3.05, 3.63) is 80.5 Å². The molecule has 1 aromatic heterocycles. The number of amides is 2. The summed E-state index contributed by atoms with van der Waals surface area (Å²) in [6, 6.07) is 13.3. The molecule has 1 fully saturated rings. The van der Waals surface area contributed by atoms with Crippen LogP contribution in [-0.4, -0.2) is 11.1 Å². The second kappa shape index (κ2) is 6.48. The van der Waals surface area contributed by atoms with Crippen molar-refractivity contribution >= 4 is 57.2 Å². The zero-order valence-corrected chi connectivity index (χ0v) is 14.7. The van der Waals surface area contributed by atoms with Crippen molar-refractivity contribution < 1.29 is 14.0 Å². The molecule has 128 valence electrons. The highest BCUT2D eigenvalue weighted by Crippen LogP contribution is 2.36. The van der Waals surface area contributed by atoms with Gasteiger partial charge in [-0.15, -0.1) is 0 Å². The van der Waals surface area contributed by atoms with Gasteiger partial charge in [0.05, 0.1) is 21.5 Å². The van der Waals surface area contributed by atoms with E-state index >= 15 is 0 Å². The van der Waals surface area contributed by atoms with E-state index in [1.807, 2.05) is 0 Å². The second-order valence-electron chi connectivity index (χ2n) is 5.51. The lowest BCUT2D eigenvalue weighted by Crippen LogP contribution is -2.27. The van der Waals surface area contributed by atoms with Crippen molar-refractivity contribution in [3.63, 3.8) is 0 Å². The molecule has 26 heavy (non-hydrogen) atoms. The lowest BCUT2D eigenvalue weighted by atomic mass is 10.1. The summed E-state index contributed by atoms with van der Waals surface area (Å²) in [5.74, 6) is -0.505. The fourth-order valence-corrected chi connectivity index (χ4v) is 3.66. The Morgan fingerprint density at radius 3 is 2.65 bits per heavy atom. The molecular formula is C19H10ClNO4S.